The predicted molar refractivity (Wildman–Crippen MR) is 137 cm³/mol. The van der Waals surface area contributed by atoms with E-state index in [1.807, 2.05) is 24.3 Å². The Morgan fingerprint density at radius 1 is 0.943 bits per heavy atom. The molecular formula is C27H31N3O4S. The monoisotopic (exact) mass is 493 g/mol. The highest BCUT2D eigenvalue weighted by atomic mass is 32.2. The average molecular weight is 494 g/mol. The molecule has 1 unspecified atom stereocenters. The van der Waals surface area contributed by atoms with Crippen LogP contribution in [0.2, 0.25) is 0 Å². The second-order valence-electron chi connectivity index (χ2n) is 8.59. The highest BCUT2D eigenvalue weighted by Crippen LogP contribution is 2.26. The SMILES string of the molecule is COc1ccc(C(CNC(=O)c2cccc(NS(=O)(=O)c3ccccc3)c2)N2CCCCC2)cc1. The van der Waals surface area contributed by atoms with Gasteiger partial charge in [-0.1, -0.05) is 42.8 Å². The number of carbonyl (C=O) groups excluding carboxylic acids is 1. The van der Waals surface area contributed by atoms with Crippen LogP contribution in [0.5, 0.6) is 5.75 Å². The number of amides is 1. The number of rotatable bonds is 9. The number of hydrogen-bond donors (Lipinski definition) is 2. The number of anilines is 1. The lowest BCUT2D eigenvalue weighted by atomic mass is 10.0. The number of piperidine rings is 1. The first-order chi connectivity index (χ1) is 17.0. The fourth-order valence-corrected chi connectivity index (χ4v) is 5.41. The first kappa shape index (κ1) is 24.8. The van der Waals surface area contributed by atoms with E-state index in [4.69, 9.17) is 4.74 Å². The van der Waals surface area contributed by atoms with Crippen molar-refractivity contribution in [3.05, 3.63) is 90.0 Å². The van der Waals surface area contributed by atoms with Crippen LogP contribution in [0.3, 0.4) is 0 Å². The largest absolute Gasteiger partial charge is 0.497 e. The summed E-state index contributed by atoms with van der Waals surface area (Å²) in [7, 11) is -2.09. The van der Waals surface area contributed by atoms with Crippen LogP contribution in [0.15, 0.2) is 83.8 Å². The molecule has 1 aliphatic heterocycles. The van der Waals surface area contributed by atoms with Gasteiger partial charge in [0, 0.05) is 17.8 Å². The molecule has 1 saturated heterocycles. The van der Waals surface area contributed by atoms with Crippen LogP contribution in [-0.2, 0) is 10.0 Å². The molecule has 1 amide bonds. The number of likely N-dealkylation sites (tertiary alicyclic amines) is 1. The van der Waals surface area contributed by atoms with Crippen molar-refractivity contribution in [2.45, 2.75) is 30.2 Å². The molecule has 2 N–H and O–H groups in total. The first-order valence-corrected chi connectivity index (χ1v) is 13.3. The van der Waals surface area contributed by atoms with Crippen LogP contribution in [-0.4, -0.2) is 46.0 Å². The van der Waals surface area contributed by atoms with Crippen molar-refractivity contribution in [3.8, 4) is 5.75 Å². The summed E-state index contributed by atoms with van der Waals surface area (Å²) in [6, 6.07) is 22.7. The summed E-state index contributed by atoms with van der Waals surface area (Å²) in [5, 5.41) is 3.06. The van der Waals surface area contributed by atoms with Crippen molar-refractivity contribution in [3.63, 3.8) is 0 Å². The van der Waals surface area contributed by atoms with E-state index in [1.165, 1.54) is 18.6 Å². The summed E-state index contributed by atoms with van der Waals surface area (Å²) in [4.78, 5) is 15.6. The second-order valence-corrected chi connectivity index (χ2v) is 10.3. The summed E-state index contributed by atoms with van der Waals surface area (Å²) in [5.41, 5.74) is 1.85. The molecule has 0 radical (unpaired) electrons. The maximum Gasteiger partial charge on any atom is 0.261 e. The lowest BCUT2D eigenvalue weighted by Gasteiger charge is -2.35. The molecule has 1 atom stereocenters. The topological polar surface area (TPSA) is 87.7 Å². The number of ether oxygens (including phenoxy) is 1. The van der Waals surface area contributed by atoms with Crippen LogP contribution < -0.4 is 14.8 Å². The smallest absolute Gasteiger partial charge is 0.261 e. The number of hydrogen-bond acceptors (Lipinski definition) is 5. The third-order valence-corrected chi connectivity index (χ3v) is 7.62. The molecule has 1 fully saturated rings. The van der Waals surface area contributed by atoms with Gasteiger partial charge in [0.05, 0.1) is 18.0 Å². The van der Waals surface area contributed by atoms with Crippen molar-refractivity contribution in [1.29, 1.82) is 0 Å². The minimum Gasteiger partial charge on any atom is -0.497 e. The minimum absolute atomic E-state index is 0.0462. The van der Waals surface area contributed by atoms with E-state index in [9.17, 15) is 13.2 Å². The van der Waals surface area contributed by atoms with Gasteiger partial charge in [-0.25, -0.2) is 8.42 Å². The van der Waals surface area contributed by atoms with Crippen LogP contribution in [0, 0.1) is 0 Å². The van der Waals surface area contributed by atoms with E-state index in [2.05, 4.69) is 14.9 Å². The number of sulfonamides is 1. The van der Waals surface area contributed by atoms with Gasteiger partial charge < -0.3 is 10.1 Å². The first-order valence-electron chi connectivity index (χ1n) is 11.8. The Labute approximate surface area is 207 Å². The molecule has 35 heavy (non-hydrogen) atoms. The van der Waals surface area contributed by atoms with E-state index in [1.54, 1.807) is 49.6 Å². The Morgan fingerprint density at radius 2 is 1.66 bits per heavy atom. The van der Waals surface area contributed by atoms with Gasteiger partial charge in [-0.05, 0) is 74.0 Å². The van der Waals surface area contributed by atoms with E-state index in [-0.39, 0.29) is 16.8 Å². The van der Waals surface area contributed by atoms with Gasteiger partial charge in [-0.15, -0.1) is 0 Å². The summed E-state index contributed by atoms with van der Waals surface area (Å²) < 4.78 is 33.1. The third-order valence-electron chi connectivity index (χ3n) is 6.22. The summed E-state index contributed by atoms with van der Waals surface area (Å²) >= 11 is 0. The van der Waals surface area contributed by atoms with E-state index in [0.717, 1.165) is 37.2 Å². The van der Waals surface area contributed by atoms with Crippen LogP contribution in [0.25, 0.3) is 0 Å². The molecule has 8 heteroatoms. The quantitative estimate of drug-likeness (QED) is 0.460. The normalized spacial score (nSPS) is 15.2. The van der Waals surface area contributed by atoms with Crippen LogP contribution in [0.1, 0.15) is 41.2 Å². The summed E-state index contributed by atoms with van der Waals surface area (Å²) in [5.74, 6) is 0.547. The van der Waals surface area contributed by atoms with Crippen molar-refractivity contribution in [2.24, 2.45) is 0 Å². The molecule has 3 aromatic rings. The molecule has 1 heterocycles. The predicted octanol–water partition coefficient (Wildman–Crippen LogP) is 4.45. The summed E-state index contributed by atoms with van der Waals surface area (Å²) in [6.07, 6.45) is 3.51. The lowest BCUT2D eigenvalue weighted by Crippen LogP contribution is -2.40. The van der Waals surface area contributed by atoms with Crippen molar-refractivity contribution in [1.82, 2.24) is 10.2 Å². The Kier molecular flexibility index (Phi) is 8.05. The van der Waals surface area contributed by atoms with E-state index < -0.39 is 10.0 Å². The molecule has 4 rings (SSSR count). The van der Waals surface area contributed by atoms with Gasteiger partial charge in [0.25, 0.3) is 15.9 Å². The van der Waals surface area contributed by atoms with Gasteiger partial charge in [0.2, 0.25) is 0 Å². The molecule has 0 aromatic heterocycles. The molecule has 0 spiro atoms. The Morgan fingerprint density at radius 3 is 2.34 bits per heavy atom. The van der Waals surface area contributed by atoms with Gasteiger partial charge in [-0.3, -0.25) is 14.4 Å². The molecule has 7 nitrogen and oxygen atoms in total. The molecule has 0 bridgehead atoms. The van der Waals surface area contributed by atoms with Gasteiger partial charge in [0.15, 0.2) is 0 Å². The Hall–Kier alpha value is -3.36. The fourth-order valence-electron chi connectivity index (χ4n) is 4.34. The number of nitrogens with one attached hydrogen (secondary N) is 2. The average Bonchev–Trinajstić information content (AvgIpc) is 2.90. The fraction of sp³-hybridized carbons (Fsp3) is 0.296. The number of methoxy groups -OCH3 is 1. The van der Waals surface area contributed by atoms with Crippen LogP contribution in [0.4, 0.5) is 5.69 Å². The number of carbonyl (C=O) groups is 1. The van der Waals surface area contributed by atoms with E-state index >= 15 is 0 Å². The zero-order chi connectivity index (χ0) is 24.7. The number of benzene rings is 3. The highest BCUT2D eigenvalue weighted by molar-refractivity contribution is 7.92. The van der Waals surface area contributed by atoms with Crippen molar-refractivity contribution in [2.75, 3.05) is 31.5 Å². The van der Waals surface area contributed by atoms with Crippen LogP contribution >= 0.6 is 0 Å². The molecular weight excluding hydrogens is 462 g/mol. The standard InChI is InChI=1S/C27H31N3O4S/c1-34-24-15-13-21(14-16-24)26(30-17-6-3-7-18-30)20-28-27(31)22-9-8-10-23(19-22)29-35(32,33)25-11-4-2-5-12-25/h2,4-5,8-16,19,26,29H,3,6-7,17-18,20H2,1H3,(H,28,31). The Bertz CT molecular complexity index is 1220. The lowest BCUT2D eigenvalue weighted by molar-refractivity contribution is 0.0924. The second kappa shape index (κ2) is 11.4. The van der Waals surface area contributed by atoms with Gasteiger partial charge >= 0.3 is 0 Å². The molecule has 0 saturated carbocycles. The maximum atomic E-state index is 13.0. The minimum atomic E-state index is -3.74. The van der Waals surface area contributed by atoms with Crippen molar-refractivity contribution < 1.29 is 17.9 Å². The Balaban J connectivity index is 1.46. The zero-order valence-electron chi connectivity index (χ0n) is 19.8. The van der Waals surface area contributed by atoms with E-state index in [0.29, 0.717) is 17.8 Å². The zero-order valence-corrected chi connectivity index (χ0v) is 20.6. The molecule has 1 aliphatic rings. The maximum absolute atomic E-state index is 13.0. The number of nitrogens with zero attached hydrogens (tertiary/aromatic N) is 1. The molecule has 184 valence electrons. The van der Waals surface area contributed by atoms with Gasteiger partial charge in [-0.2, -0.15) is 0 Å². The molecule has 3 aromatic carbocycles. The van der Waals surface area contributed by atoms with Gasteiger partial charge in [0.1, 0.15) is 5.75 Å². The highest BCUT2D eigenvalue weighted by Gasteiger charge is 2.23. The summed E-state index contributed by atoms with van der Waals surface area (Å²) in [6.45, 7) is 2.43. The molecule has 0 aliphatic carbocycles. The third kappa shape index (κ3) is 6.41. The van der Waals surface area contributed by atoms with Crippen molar-refractivity contribution >= 4 is 21.6 Å².